The molecule has 134 valence electrons. The fraction of sp³-hybridized carbons (Fsp3) is 0.150. The lowest BCUT2D eigenvalue weighted by Crippen LogP contribution is -2.42. The first kappa shape index (κ1) is 18.1. The fourth-order valence-electron chi connectivity index (χ4n) is 2.94. The van der Waals surface area contributed by atoms with Gasteiger partial charge in [-0.25, -0.2) is 8.42 Å². The second kappa shape index (κ2) is 7.27. The molecule has 1 atom stereocenters. The minimum Gasteiger partial charge on any atom is -0.480 e. The fourth-order valence-corrected chi connectivity index (χ4v) is 4.34. The summed E-state index contributed by atoms with van der Waals surface area (Å²) in [5.74, 6) is -1.21. The number of fused-ring (bicyclic) bond motifs is 1. The van der Waals surface area contributed by atoms with E-state index in [0.29, 0.717) is 5.39 Å². The third kappa shape index (κ3) is 3.76. The molecule has 0 fully saturated rings. The van der Waals surface area contributed by atoms with Crippen LogP contribution in [0.25, 0.3) is 10.8 Å². The van der Waals surface area contributed by atoms with Gasteiger partial charge in [0, 0.05) is 5.39 Å². The first-order chi connectivity index (χ1) is 12.4. The van der Waals surface area contributed by atoms with Gasteiger partial charge in [-0.1, -0.05) is 60.7 Å². The maximum Gasteiger partial charge on any atom is 0.322 e. The second-order valence-corrected chi connectivity index (χ2v) is 7.81. The lowest BCUT2D eigenvalue weighted by Gasteiger charge is -2.16. The molecule has 3 aromatic rings. The number of rotatable bonds is 6. The molecule has 3 rings (SSSR count). The number of nitrogens with one attached hydrogen (secondary N) is 1. The third-order valence-corrected chi connectivity index (χ3v) is 5.80. The Hall–Kier alpha value is -2.70. The van der Waals surface area contributed by atoms with Gasteiger partial charge in [-0.05, 0) is 35.9 Å². The molecule has 0 aromatic heterocycles. The van der Waals surface area contributed by atoms with Gasteiger partial charge in [-0.2, -0.15) is 4.72 Å². The Kier molecular flexibility index (Phi) is 5.06. The van der Waals surface area contributed by atoms with Gasteiger partial charge in [0.2, 0.25) is 10.0 Å². The third-order valence-electron chi connectivity index (χ3n) is 4.27. The van der Waals surface area contributed by atoms with Gasteiger partial charge in [0.05, 0.1) is 4.90 Å². The molecule has 0 heterocycles. The van der Waals surface area contributed by atoms with E-state index in [-0.39, 0.29) is 11.3 Å². The average Bonchev–Trinajstić information content (AvgIpc) is 2.62. The summed E-state index contributed by atoms with van der Waals surface area (Å²) in [5, 5.41) is 10.9. The van der Waals surface area contributed by atoms with Crippen molar-refractivity contribution < 1.29 is 18.3 Å². The average molecular weight is 369 g/mol. The Morgan fingerprint density at radius 3 is 2.23 bits per heavy atom. The zero-order chi connectivity index (χ0) is 18.7. The number of hydrogen-bond donors (Lipinski definition) is 2. The van der Waals surface area contributed by atoms with Crippen molar-refractivity contribution in [3.05, 3.63) is 77.9 Å². The van der Waals surface area contributed by atoms with Crippen LogP contribution in [-0.4, -0.2) is 25.5 Å². The van der Waals surface area contributed by atoms with Crippen molar-refractivity contribution in [2.24, 2.45) is 0 Å². The van der Waals surface area contributed by atoms with Crippen LogP contribution in [0.5, 0.6) is 0 Å². The summed E-state index contributed by atoms with van der Waals surface area (Å²) >= 11 is 0. The van der Waals surface area contributed by atoms with E-state index in [4.69, 9.17) is 0 Å². The number of carboxylic acids is 1. The monoisotopic (exact) mass is 369 g/mol. The summed E-state index contributed by atoms with van der Waals surface area (Å²) in [6.45, 7) is 1.90. The number of sulfonamides is 1. The van der Waals surface area contributed by atoms with Crippen LogP contribution in [0.3, 0.4) is 0 Å². The molecule has 26 heavy (non-hydrogen) atoms. The van der Waals surface area contributed by atoms with Crippen LogP contribution in [0.1, 0.15) is 11.1 Å². The van der Waals surface area contributed by atoms with Crippen molar-refractivity contribution in [1.29, 1.82) is 0 Å². The van der Waals surface area contributed by atoms with E-state index >= 15 is 0 Å². The quantitative estimate of drug-likeness (QED) is 0.699. The molecular weight excluding hydrogens is 350 g/mol. The number of carbonyl (C=O) groups is 1. The summed E-state index contributed by atoms with van der Waals surface area (Å²) in [4.78, 5) is 11.7. The van der Waals surface area contributed by atoms with Crippen molar-refractivity contribution in [3.63, 3.8) is 0 Å². The normalized spacial score (nSPS) is 12.8. The van der Waals surface area contributed by atoms with Crippen LogP contribution in [0.15, 0.2) is 71.6 Å². The van der Waals surface area contributed by atoms with Gasteiger partial charge >= 0.3 is 5.97 Å². The summed E-state index contributed by atoms with van der Waals surface area (Å²) in [6, 6.07) is 18.1. The largest absolute Gasteiger partial charge is 0.480 e. The molecule has 0 aliphatic carbocycles. The van der Waals surface area contributed by atoms with Crippen LogP contribution >= 0.6 is 0 Å². The van der Waals surface area contributed by atoms with E-state index in [2.05, 4.69) is 4.72 Å². The molecule has 0 amide bonds. The highest BCUT2D eigenvalue weighted by atomic mass is 32.2. The molecule has 0 aliphatic rings. The van der Waals surface area contributed by atoms with Gasteiger partial charge in [0.25, 0.3) is 0 Å². The van der Waals surface area contributed by atoms with Crippen molar-refractivity contribution in [3.8, 4) is 0 Å². The lowest BCUT2D eigenvalue weighted by molar-refractivity contribution is -0.138. The van der Waals surface area contributed by atoms with Gasteiger partial charge < -0.3 is 5.11 Å². The molecule has 0 saturated heterocycles. The lowest BCUT2D eigenvalue weighted by atomic mass is 10.1. The molecule has 6 heteroatoms. The Bertz CT molecular complexity index is 1050. The molecule has 2 N–H and O–H groups in total. The number of carboxylic acid groups (broad SMARTS) is 1. The summed E-state index contributed by atoms with van der Waals surface area (Å²) in [5.41, 5.74) is 1.70. The van der Waals surface area contributed by atoms with Gasteiger partial charge in [0.1, 0.15) is 6.04 Å². The standard InChI is InChI=1S/C20H19NO4S/c1-14-11-12-19(17-10-6-5-9-16(14)17)26(24,25)21-18(20(22)23)13-15-7-3-2-4-8-15/h2-12,18,21H,13H2,1H3,(H,22,23)/t18-/m0/s1. The van der Waals surface area contributed by atoms with Gasteiger partial charge in [-0.15, -0.1) is 0 Å². The van der Waals surface area contributed by atoms with E-state index in [9.17, 15) is 18.3 Å². The van der Waals surface area contributed by atoms with Crippen LogP contribution in [0.4, 0.5) is 0 Å². The Balaban J connectivity index is 1.97. The first-order valence-electron chi connectivity index (χ1n) is 8.16. The Morgan fingerprint density at radius 2 is 1.58 bits per heavy atom. The minimum atomic E-state index is -4.00. The van der Waals surface area contributed by atoms with Gasteiger partial charge in [0.15, 0.2) is 0 Å². The molecule has 0 saturated carbocycles. The van der Waals surface area contributed by atoms with Crippen LogP contribution in [0, 0.1) is 6.92 Å². The molecule has 3 aromatic carbocycles. The number of hydrogen-bond acceptors (Lipinski definition) is 3. The molecule has 0 radical (unpaired) electrons. The topological polar surface area (TPSA) is 83.5 Å². The SMILES string of the molecule is Cc1ccc(S(=O)(=O)N[C@@H](Cc2ccccc2)C(=O)O)c2ccccc12. The van der Waals surface area contributed by atoms with Crippen molar-refractivity contribution in [1.82, 2.24) is 4.72 Å². The molecule has 0 aliphatic heterocycles. The maximum absolute atomic E-state index is 12.9. The Labute approximate surface area is 152 Å². The van der Waals surface area contributed by atoms with Crippen LogP contribution in [-0.2, 0) is 21.2 Å². The zero-order valence-corrected chi connectivity index (χ0v) is 15.0. The first-order valence-corrected chi connectivity index (χ1v) is 9.64. The van der Waals surface area contributed by atoms with Gasteiger partial charge in [-0.3, -0.25) is 4.79 Å². The smallest absolute Gasteiger partial charge is 0.322 e. The van der Waals surface area contributed by atoms with Crippen molar-refractivity contribution in [2.45, 2.75) is 24.3 Å². The zero-order valence-electron chi connectivity index (χ0n) is 14.2. The van der Waals surface area contributed by atoms with E-state index < -0.39 is 22.0 Å². The predicted octanol–water partition coefficient (Wildman–Crippen LogP) is 3.12. The summed E-state index contributed by atoms with van der Waals surface area (Å²) in [7, 11) is -4.00. The van der Waals surface area contributed by atoms with E-state index in [0.717, 1.165) is 16.5 Å². The number of aryl methyl sites for hydroxylation is 1. The molecular formula is C20H19NO4S. The highest BCUT2D eigenvalue weighted by Crippen LogP contribution is 2.26. The Morgan fingerprint density at radius 1 is 0.962 bits per heavy atom. The highest BCUT2D eigenvalue weighted by molar-refractivity contribution is 7.89. The number of benzene rings is 3. The molecule has 0 bridgehead atoms. The number of aliphatic carboxylic acids is 1. The van der Waals surface area contributed by atoms with Crippen LogP contribution in [0.2, 0.25) is 0 Å². The minimum absolute atomic E-state index is 0.0686. The van der Waals surface area contributed by atoms with E-state index in [1.165, 1.54) is 6.07 Å². The summed E-state index contributed by atoms with van der Waals surface area (Å²) < 4.78 is 28.1. The molecule has 0 spiro atoms. The van der Waals surface area contributed by atoms with E-state index in [1.54, 1.807) is 42.5 Å². The van der Waals surface area contributed by atoms with Crippen LogP contribution < -0.4 is 4.72 Å². The predicted molar refractivity (Wildman–Crippen MR) is 101 cm³/mol. The van der Waals surface area contributed by atoms with Crippen molar-refractivity contribution in [2.75, 3.05) is 0 Å². The van der Waals surface area contributed by atoms with Crippen molar-refractivity contribution >= 4 is 26.8 Å². The maximum atomic E-state index is 12.9. The highest BCUT2D eigenvalue weighted by Gasteiger charge is 2.27. The summed E-state index contributed by atoms with van der Waals surface area (Å²) in [6.07, 6.45) is 0.0686. The second-order valence-electron chi connectivity index (χ2n) is 6.13. The van der Waals surface area contributed by atoms with E-state index in [1.807, 2.05) is 25.1 Å². The molecule has 0 unspecified atom stereocenters. The molecule has 5 nitrogen and oxygen atoms in total.